The van der Waals surface area contributed by atoms with E-state index in [1.807, 2.05) is 24.3 Å². The first-order valence-corrected chi connectivity index (χ1v) is 6.08. The van der Waals surface area contributed by atoms with Crippen molar-refractivity contribution in [3.63, 3.8) is 0 Å². The van der Waals surface area contributed by atoms with Crippen molar-refractivity contribution in [2.75, 3.05) is 0 Å². The summed E-state index contributed by atoms with van der Waals surface area (Å²) in [5.74, 6) is 4.00. The average molecular weight is 232 g/mol. The van der Waals surface area contributed by atoms with Crippen LogP contribution in [0.1, 0.15) is 52.1 Å². The molecule has 2 nitrogen and oxygen atoms in total. The van der Waals surface area contributed by atoms with Crippen LogP contribution in [-0.4, -0.2) is 0 Å². The third kappa shape index (κ3) is 2.46. The lowest BCUT2D eigenvalue weighted by Crippen LogP contribution is -2.08. The molecule has 2 rings (SSSR count). The van der Waals surface area contributed by atoms with Gasteiger partial charge in [0.1, 0.15) is 11.5 Å². The van der Waals surface area contributed by atoms with Crippen LogP contribution < -0.4 is 0 Å². The lowest BCUT2D eigenvalue weighted by Gasteiger charge is -2.13. The fraction of sp³-hybridized carbons (Fsp3) is 0.467. The molecule has 0 aromatic carbocycles. The lowest BCUT2D eigenvalue weighted by atomic mass is 9.94. The van der Waals surface area contributed by atoms with E-state index in [2.05, 4.69) is 34.6 Å². The minimum atomic E-state index is 0.0335. The predicted molar refractivity (Wildman–Crippen MR) is 69.2 cm³/mol. The van der Waals surface area contributed by atoms with Crippen molar-refractivity contribution in [3.8, 4) is 11.5 Å². The van der Waals surface area contributed by atoms with Gasteiger partial charge in [-0.2, -0.15) is 0 Å². The van der Waals surface area contributed by atoms with E-state index in [-0.39, 0.29) is 5.41 Å². The van der Waals surface area contributed by atoms with Crippen molar-refractivity contribution in [3.05, 3.63) is 35.8 Å². The second kappa shape index (κ2) is 4.10. The monoisotopic (exact) mass is 232 g/mol. The summed E-state index contributed by atoms with van der Waals surface area (Å²) >= 11 is 0. The molecular weight excluding hydrogens is 212 g/mol. The standard InChI is InChI=1S/C15H20O2/c1-10(2)11-6-7-12(16-11)13-8-9-14(17-13)15(3,4)5/h6-10H,1-5H3. The summed E-state index contributed by atoms with van der Waals surface area (Å²) in [6.45, 7) is 10.6. The fourth-order valence-corrected chi connectivity index (χ4v) is 1.67. The van der Waals surface area contributed by atoms with Gasteiger partial charge in [-0.3, -0.25) is 0 Å². The Morgan fingerprint density at radius 2 is 1.47 bits per heavy atom. The molecule has 0 radical (unpaired) electrons. The Bertz CT molecular complexity index is 495. The molecule has 2 aromatic rings. The number of furan rings is 2. The van der Waals surface area contributed by atoms with Gasteiger partial charge in [-0.15, -0.1) is 0 Å². The quantitative estimate of drug-likeness (QED) is 0.731. The molecule has 0 unspecified atom stereocenters. The van der Waals surface area contributed by atoms with Crippen molar-refractivity contribution in [1.82, 2.24) is 0 Å². The highest BCUT2D eigenvalue weighted by atomic mass is 16.4. The zero-order chi connectivity index (χ0) is 12.6. The highest BCUT2D eigenvalue weighted by Crippen LogP contribution is 2.31. The van der Waals surface area contributed by atoms with Crippen LogP contribution in [0.3, 0.4) is 0 Å². The minimum Gasteiger partial charge on any atom is -0.458 e. The summed E-state index contributed by atoms with van der Waals surface area (Å²) in [7, 11) is 0. The molecule has 0 aliphatic carbocycles. The van der Waals surface area contributed by atoms with E-state index in [1.165, 1.54) is 0 Å². The van der Waals surface area contributed by atoms with Gasteiger partial charge in [0.25, 0.3) is 0 Å². The van der Waals surface area contributed by atoms with E-state index in [4.69, 9.17) is 8.83 Å². The van der Waals surface area contributed by atoms with Crippen LogP contribution in [0.25, 0.3) is 11.5 Å². The Labute approximate surface area is 103 Å². The second-order valence-electron chi connectivity index (χ2n) is 5.77. The maximum absolute atomic E-state index is 5.83. The Morgan fingerprint density at radius 3 is 1.94 bits per heavy atom. The normalized spacial score (nSPS) is 12.4. The zero-order valence-electron chi connectivity index (χ0n) is 11.2. The first kappa shape index (κ1) is 12.0. The molecule has 0 amide bonds. The fourth-order valence-electron chi connectivity index (χ4n) is 1.67. The summed E-state index contributed by atoms with van der Waals surface area (Å²) in [6, 6.07) is 7.98. The molecule has 2 aromatic heterocycles. The van der Waals surface area contributed by atoms with E-state index in [0.717, 1.165) is 23.0 Å². The lowest BCUT2D eigenvalue weighted by molar-refractivity contribution is 0.404. The smallest absolute Gasteiger partial charge is 0.169 e. The summed E-state index contributed by atoms with van der Waals surface area (Å²) in [6.07, 6.45) is 0. The van der Waals surface area contributed by atoms with Crippen LogP contribution >= 0.6 is 0 Å². The van der Waals surface area contributed by atoms with Crippen LogP contribution in [0.2, 0.25) is 0 Å². The maximum atomic E-state index is 5.83. The van der Waals surface area contributed by atoms with Gasteiger partial charge in [-0.25, -0.2) is 0 Å². The Balaban J connectivity index is 2.31. The van der Waals surface area contributed by atoms with Gasteiger partial charge in [0.2, 0.25) is 0 Å². The summed E-state index contributed by atoms with van der Waals surface area (Å²) < 4.78 is 11.6. The van der Waals surface area contributed by atoms with E-state index < -0.39 is 0 Å². The number of rotatable bonds is 2. The summed E-state index contributed by atoms with van der Waals surface area (Å²) in [5, 5.41) is 0. The van der Waals surface area contributed by atoms with Gasteiger partial charge in [0, 0.05) is 11.3 Å². The number of hydrogen-bond donors (Lipinski definition) is 0. The number of hydrogen-bond acceptors (Lipinski definition) is 2. The molecule has 0 N–H and O–H groups in total. The predicted octanol–water partition coefficient (Wildman–Crippen LogP) is 4.96. The Hall–Kier alpha value is -1.44. The van der Waals surface area contributed by atoms with Crippen molar-refractivity contribution < 1.29 is 8.83 Å². The van der Waals surface area contributed by atoms with E-state index in [1.54, 1.807) is 0 Å². The summed E-state index contributed by atoms with van der Waals surface area (Å²) in [4.78, 5) is 0. The van der Waals surface area contributed by atoms with Crippen LogP contribution in [0.5, 0.6) is 0 Å². The highest BCUT2D eigenvalue weighted by Gasteiger charge is 2.19. The molecule has 17 heavy (non-hydrogen) atoms. The minimum absolute atomic E-state index is 0.0335. The van der Waals surface area contributed by atoms with Crippen molar-refractivity contribution in [2.24, 2.45) is 0 Å². The molecule has 0 spiro atoms. The van der Waals surface area contributed by atoms with Gasteiger partial charge in [0.15, 0.2) is 11.5 Å². The molecule has 0 saturated carbocycles. The molecule has 0 fully saturated rings. The van der Waals surface area contributed by atoms with E-state index >= 15 is 0 Å². The molecule has 0 aliphatic heterocycles. The van der Waals surface area contributed by atoms with Gasteiger partial charge in [-0.1, -0.05) is 34.6 Å². The van der Waals surface area contributed by atoms with E-state index in [0.29, 0.717) is 5.92 Å². The topological polar surface area (TPSA) is 26.3 Å². The van der Waals surface area contributed by atoms with Crippen molar-refractivity contribution >= 4 is 0 Å². The molecule has 2 heteroatoms. The largest absolute Gasteiger partial charge is 0.458 e. The van der Waals surface area contributed by atoms with Crippen molar-refractivity contribution in [1.29, 1.82) is 0 Å². The first-order chi connectivity index (χ1) is 7.88. The molecule has 0 saturated heterocycles. The average Bonchev–Trinajstić information content (AvgIpc) is 2.85. The maximum Gasteiger partial charge on any atom is 0.169 e. The third-order valence-electron chi connectivity index (χ3n) is 2.78. The zero-order valence-corrected chi connectivity index (χ0v) is 11.2. The van der Waals surface area contributed by atoms with Gasteiger partial charge >= 0.3 is 0 Å². The van der Waals surface area contributed by atoms with Crippen molar-refractivity contribution in [2.45, 2.75) is 46.0 Å². The first-order valence-electron chi connectivity index (χ1n) is 6.08. The molecular formula is C15H20O2. The van der Waals surface area contributed by atoms with Crippen LogP contribution in [0.4, 0.5) is 0 Å². The SMILES string of the molecule is CC(C)c1ccc(-c2ccc(C(C)(C)C)o2)o1. The Morgan fingerprint density at radius 1 is 0.882 bits per heavy atom. The summed E-state index contributed by atoms with van der Waals surface area (Å²) in [5.41, 5.74) is 0.0335. The Kier molecular flexibility index (Phi) is 2.90. The molecule has 0 aliphatic rings. The van der Waals surface area contributed by atoms with Gasteiger partial charge in [0.05, 0.1) is 0 Å². The molecule has 92 valence electrons. The third-order valence-corrected chi connectivity index (χ3v) is 2.78. The molecule has 0 bridgehead atoms. The molecule has 0 atom stereocenters. The second-order valence-corrected chi connectivity index (χ2v) is 5.77. The van der Waals surface area contributed by atoms with Crippen LogP contribution in [0, 0.1) is 0 Å². The van der Waals surface area contributed by atoms with Crippen LogP contribution in [0.15, 0.2) is 33.1 Å². The van der Waals surface area contributed by atoms with Gasteiger partial charge < -0.3 is 8.83 Å². The highest BCUT2D eigenvalue weighted by molar-refractivity contribution is 5.51. The molecule has 2 heterocycles. The van der Waals surface area contributed by atoms with E-state index in [9.17, 15) is 0 Å². The van der Waals surface area contributed by atoms with Crippen LogP contribution in [-0.2, 0) is 5.41 Å². The van der Waals surface area contributed by atoms with Gasteiger partial charge in [-0.05, 0) is 24.3 Å².